The second kappa shape index (κ2) is 3.90. The summed E-state index contributed by atoms with van der Waals surface area (Å²) in [7, 11) is 0. The lowest BCUT2D eigenvalue weighted by atomic mass is 9.98. The number of hydrogen-bond acceptors (Lipinski definition) is 4. The van der Waals surface area contributed by atoms with Crippen LogP contribution in [0.4, 0.5) is 8.78 Å². The maximum absolute atomic E-state index is 13.9. The molecule has 0 N–H and O–H groups in total. The van der Waals surface area contributed by atoms with Gasteiger partial charge in [0.05, 0.1) is 0 Å². The van der Waals surface area contributed by atoms with E-state index < -0.39 is 34.6 Å². The summed E-state index contributed by atoms with van der Waals surface area (Å²) in [5.74, 6) is -4.20. The van der Waals surface area contributed by atoms with Gasteiger partial charge < -0.3 is 9.80 Å². The fraction of sp³-hybridized carbons (Fsp3) is 0.500. The molecule has 3 aliphatic rings. The van der Waals surface area contributed by atoms with Crippen LogP contribution >= 0.6 is 0 Å². The van der Waals surface area contributed by atoms with Crippen molar-refractivity contribution in [2.75, 3.05) is 26.2 Å². The van der Waals surface area contributed by atoms with Crippen molar-refractivity contribution < 1.29 is 18.4 Å². The normalized spacial score (nSPS) is 24.6. The third-order valence-electron chi connectivity index (χ3n) is 3.59. The molecule has 6 heteroatoms. The highest BCUT2D eigenvalue weighted by atomic mass is 19.1. The molecule has 0 atom stereocenters. The molecule has 0 aromatic heterocycles. The molecule has 96 valence electrons. The van der Waals surface area contributed by atoms with Gasteiger partial charge in [-0.1, -0.05) is 0 Å². The number of halogens is 2. The number of carbonyl (C=O) groups excluding carboxylic acids is 2. The second-order valence-corrected chi connectivity index (χ2v) is 4.66. The van der Waals surface area contributed by atoms with Gasteiger partial charge in [-0.3, -0.25) is 9.59 Å². The molecule has 0 amide bonds. The minimum Gasteiger partial charge on any atom is -0.366 e. The number of Topliss-reactive ketones (excluding diaryl/α,β-unsaturated/α-hetero) is 2. The lowest BCUT2D eigenvalue weighted by Gasteiger charge is -2.38. The summed E-state index contributed by atoms with van der Waals surface area (Å²) in [4.78, 5) is 26.5. The topological polar surface area (TPSA) is 40.6 Å². The fourth-order valence-corrected chi connectivity index (χ4v) is 2.27. The Balaban J connectivity index is 1.99. The highest BCUT2D eigenvalue weighted by molar-refractivity contribution is 6.22. The molecule has 2 fully saturated rings. The average Bonchev–Trinajstić information content (AvgIpc) is 2.22. The van der Waals surface area contributed by atoms with Crippen molar-refractivity contribution in [3.8, 4) is 0 Å². The van der Waals surface area contributed by atoms with Crippen molar-refractivity contribution in [3.05, 3.63) is 23.0 Å². The van der Waals surface area contributed by atoms with Crippen LogP contribution in [0.5, 0.6) is 0 Å². The Labute approximate surface area is 103 Å². The van der Waals surface area contributed by atoms with E-state index in [-0.39, 0.29) is 0 Å². The van der Waals surface area contributed by atoms with Crippen LogP contribution in [-0.4, -0.2) is 47.5 Å². The Morgan fingerprint density at radius 2 is 1.06 bits per heavy atom. The van der Waals surface area contributed by atoms with Gasteiger partial charge in [0.25, 0.3) is 0 Å². The quantitative estimate of drug-likeness (QED) is 0.687. The molecule has 0 saturated carbocycles. The number of nitrogens with zero attached hydrogens (tertiary/aromatic N) is 2. The molecular weight excluding hydrogens is 242 g/mol. The summed E-state index contributed by atoms with van der Waals surface area (Å²) < 4.78 is 27.9. The van der Waals surface area contributed by atoms with Crippen molar-refractivity contribution in [2.24, 2.45) is 0 Å². The van der Waals surface area contributed by atoms with Crippen LogP contribution in [0.15, 0.2) is 23.0 Å². The van der Waals surface area contributed by atoms with E-state index in [1.165, 1.54) is 9.80 Å². The summed E-state index contributed by atoms with van der Waals surface area (Å²) in [6.07, 6.45) is 1.64. The van der Waals surface area contributed by atoms with Crippen molar-refractivity contribution in [1.29, 1.82) is 0 Å². The number of ketones is 2. The van der Waals surface area contributed by atoms with Gasteiger partial charge >= 0.3 is 0 Å². The van der Waals surface area contributed by atoms with Gasteiger partial charge in [0.2, 0.25) is 11.6 Å². The first-order chi connectivity index (χ1) is 8.61. The van der Waals surface area contributed by atoms with Crippen LogP contribution in [-0.2, 0) is 9.59 Å². The van der Waals surface area contributed by atoms with E-state index in [1.807, 2.05) is 0 Å². The van der Waals surface area contributed by atoms with E-state index in [1.54, 1.807) is 0 Å². The van der Waals surface area contributed by atoms with Crippen molar-refractivity contribution in [3.63, 3.8) is 0 Å². The molecule has 18 heavy (non-hydrogen) atoms. The van der Waals surface area contributed by atoms with E-state index in [0.29, 0.717) is 26.2 Å². The highest BCUT2D eigenvalue weighted by Gasteiger charge is 2.42. The first-order valence-electron chi connectivity index (χ1n) is 6.00. The van der Waals surface area contributed by atoms with Gasteiger partial charge in [0.1, 0.15) is 11.4 Å². The summed E-state index contributed by atoms with van der Waals surface area (Å²) in [5.41, 5.74) is -0.791. The van der Waals surface area contributed by atoms with Crippen LogP contribution in [0, 0.1) is 0 Å². The second-order valence-electron chi connectivity index (χ2n) is 4.66. The van der Waals surface area contributed by atoms with Crippen LogP contribution in [0.2, 0.25) is 0 Å². The molecule has 3 rings (SSSR count). The zero-order valence-electron chi connectivity index (χ0n) is 9.71. The van der Waals surface area contributed by atoms with Crippen molar-refractivity contribution in [1.82, 2.24) is 9.80 Å². The molecule has 0 aromatic rings. The summed E-state index contributed by atoms with van der Waals surface area (Å²) >= 11 is 0. The van der Waals surface area contributed by atoms with Gasteiger partial charge in [0.15, 0.2) is 11.7 Å². The highest BCUT2D eigenvalue weighted by Crippen LogP contribution is 2.33. The largest absolute Gasteiger partial charge is 0.366 e. The zero-order chi connectivity index (χ0) is 12.9. The number of carbonyl (C=O) groups is 2. The lowest BCUT2D eigenvalue weighted by Crippen LogP contribution is -2.46. The number of allylic oxidation sites excluding steroid dienone is 2. The molecule has 0 bridgehead atoms. The molecular formula is C12H12F2N2O2. The maximum Gasteiger partial charge on any atom is 0.242 e. The standard InChI is InChI=1S/C12H12F2N2O2/c13-7-9(15-3-1-4-15)11(17)8(14)10(12(7)18)16-5-2-6-16/h1-6H2. The Morgan fingerprint density at radius 3 is 1.28 bits per heavy atom. The monoisotopic (exact) mass is 254 g/mol. The van der Waals surface area contributed by atoms with E-state index in [4.69, 9.17) is 0 Å². The van der Waals surface area contributed by atoms with Crippen molar-refractivity contribution >= 4 is 11.6 Å². The molecule has 0 spiro atoms. The SMILES string of the molecule is O=C1C(F)=C(N2CCC2)C(=O)C(F)=C1N1CCC1. The Morgan fingerprint density at radius 1 is 0.722 bits per heavy atom. The summed E-state index contributed by atoms with van der Waals surface area (Å²) in [6, 6.07) is 0. The van der Waals surface area contributed by atoms with Gasteiger partial charge in [-0.05, 0) is 12.8 Å². The first kappa shape index (κ1) is 11.4. The third-order valence-corrected chi connectivity index (χ3v) is 3.59. The van der Waals surface area contributed by atoms with E-state index in [9.17, 15) is 18.4 Å². The third kappa shape index (κ3) is 1.41. The Kier molecular flexibility index (Phi) is 2.46. The Bertz CT molecular complexity index is 456. The zero-order valence-corrected chi connectivity index (χ0v) is 9.71. The minimum absolute atomic E-state index is 0.395. The van der Waals surface area contributed by atoms with Crippen LogP contribution in [0.1, 0.15) is 12.8 Å². The summed E-state index contributed by atoms with van der Waals surface area (Å²) in [6.45, 7) is 1.98. The van der Waals surface area contributed by atoms with Crippen LogP contribution < -0.4 is 0 Å². The summed E-state index contributed by atoms with van der Waals surface area (Å²) in [5, 5.41) is 0. The van der Waals surface area contributed by atoms with E-state index >= 15 is 0 Å². The smallest absolute Gasteiger partial charge is 0.242 e. The lowest BCUT2D eigenvalue weighted by molar-refractivity contribution is -0.121. The molecule has 2 heterocycles. The number of hydrogen-bond donors (Lipinski definition) is 0. The minimum atomic E-state index is -1.11. The molecule has 0 radical (unpaired) electrons. The molecule has 0 unspecified atom stereocenters. The van der Waals surface area contributed by atoms with Crippen LogP contribution in [0.3, 0.4) is 0 Å². The number of rotatable bonds is 2. The molecule has 1 aliphatic carbocycles. The molecule has 2 saturated heterocycles. The van der Waals surface area contributed by atoms with E-state index in [2.05, 4.69) is 0 Å². The fourth-order valence-electron chi connectivity index (χ4n) is 2.27. The first-order valence-corrected chi connectivity index (χ1v) is 6.00. The van der Waals surface area contributed by atoms with Gasteiger partial charge in [-0.25, -0.2) is 8.78 Å². The van der Waals surface area contributed by atoms with Crippen molar-refractivity contribution in [2.45, 2.75) is 12.8 Å². The molecule has 0 aromatic carbocycles. The van der Waals surface area contributed by atoms with Crippen LogP contribution in [0.25, 0.3) is 0 Å². The predicted octanol–water partition coefficient (Wildman–Crippen LogP) is 0.912. The molecule has 2 aliphatic heterocycles. The predicted molar refractivity (Wildman–Crippen MR) is 58.7 cm³/mol. The van der Waals surface area contributed by atoms with Gasteiger partial charge in [-0.15, -0.1) is 0 Å². The van der Waals surface area contributed by atoms with E-state index in [0.717, 1.165) is 12.8 Å². The number of likely N-dealkylation sites (tertiary alicyclic amines) is 2. The molecule has 4 nitrogen and oxygen atoms in total. The maximum atomic E-state index is 13.9. The average molecular weight is 254 g/mol. The Hall–Kier alpha value is -1.72. The van der Waals surface area contributed by atoms with Gasteiger partial charge in [0, 0.05) is 26.2 Å². The van der Waals surface area contributed by atoms with Gasteiger partial charge in [-0.2, -0.15) is 0 Å².